The second kappa shape index (κ2) is 8.93. The molecule has 4 aromatic rings. The van der Waals surface area contributed by atoms with E-state index in [2.05, 4.69) is 10.3 Å². The van der Waals surface area contributed by atoms with Crippen LogP contribution in [0.3, 0.4) is 0 Å². The van der Waals surface area contributed by atoms with Gasteiger partial charge in [0.2, 0.25) is 0 Å². The number of ether oxygens (including phenoxy) is 1. The van der Waals surface area contributed by atoms with Crippen LogP contribution in [0, 0.1) is 6.92 Å². The Kier molecular flexibility index (Phi) is 5.89. The second-order valence-corrected chi connectivity index (χ2v) is 7.61. The lowest BCUT2D eigenvalue weighted by Gasteiger charge is -2.13. The van der Waals surface area contributed by atoms with Gasteiger partial charge in [0.05, 0.1) is 5.69 Å². The molecule has 1 N–H and O–H groups in total. The Hall–Kier alpha value is -4.13. The van der Waals surface area contributed by atoms with Crippen LogP contribution in [-0.2, 0) is 20.6 Å². The second-order valence-electron chi connectivity index (χ2n) is 7.61. The number of hydrogen-bond donors (Lipinski definition) is 1. The number of amides is 1. The number of carbonyl (C=O) groups excluding carboxylic acids is 1. The predicted molar refractivity (Wildman–Crippen MR) is 123 cm³/mol. The summed E-state index contributed by atoms with van der Waals surface area (Å²) in [5.41, 5.74) is 3.40. The molecule has 1 amide bonds. The molecule has 3 aromatic heterocycles. The first-order valence-corrected chi connectivity index (χ1v) is 10.2. The molecular weight excluding hydrogens is 404 g/mol. The Morgan fingerprint density at radius 1 is 1.09 bits per heavy atom. The fraction of sp³-hybridized carbons (Fsp3) is 0.160. The van der Waals surface area contributed by atoms with Gasteiger partial charge in [0.15, 0.2) is 0 Å². The lowest BCUT2D eigenvalue weighted by molar-refractivity contribution is 0.0949. The Bertz CT molecular complexity index is 1340. The molecule has 0 bridgehead atoms. The number of pyridine rings is 2. The monoisotopic (exact) mass is 428 g/mol. The lowest BCUT2D eigenvalue weighted by Crippen LogP contribution is -2.29. The van der Waals surface area contributed by atoms with Crippen LogP contribution in [0.25, 0.3) is 11.3 Å². The number of nitrogens with one attached hydrogen (secondary N) is 1. The number of nitrogens with zero attached hydrogens (tertiary/aromatic N) is 3. The molecule has 0 aliphatic carbocycles. The van der Waals surface area contributed by atoms with E-state index in [0.717, 1.165) is 11.3 Å². The maximum atomic E-state index is 12.8. The summed E-state index contributed by atoms with van der Waals surface area (Å²) >= 11 is 0. The van der Waals surface area contributed by atoms with Crippen LogP contribution in [0.4, 0.5) is 0 Å². The maximum absolute atomic E-state index is 12.8. The van der Waals surface area contributed by atoms with E-state index in [1.807, 2.05) is 49.1 Å². The Balaban J connectivity index is 1.52. The van der Waals surface area contributed by atoms with Gasteiger partial charge in [0.1, 0.15) is 11.5 Å². The van der Waals surface area contributed by atoms with E-state index in [1.165, 1.54) is 4.57 Å². The molecule has 0 atom stereocenters. The number of aromatic nitrogens is 3. The highest BCUT2D eigenvalue weighted by Crippen LogP contribution is 2.29. The Morgan fingerprint density at radius 2 is 1.94 bits per heavy atom. The first kappa shape index (κ1) is 21.1. The third kappa shape index (κ3) is 4.46. The van der Waals surface area contributed by atoms with E-state index in [0.29, 0.717) is 28.2 Å². The highest BCUT2D eigenvalue weighted by molar-refractivity contribution is 5.96. The molecule has 162 valence electrons. The summed E-state index contributed by atoms with van der Waals surface area (Å²) in [5.74, 6) is 0.948. The first-order chi connectivity index (χ1) is 15.4. The van der Waals surface area contributed by atoms with Crippen LogP contribution in [0.15, 0.2) is 78.1 Å². The molecule has 0 aliphatic rings. The summed E-state index contributed by atoms with van der Waals surface area (Å²) in [6, 6.07) is 14.5. The van der Waals surface area contributed by atoms with E-state index < -0.39 is 0 Å². The normalized spacial score (nSPS) is 10.7. The highest BCUT2D eigenvalue weighted by Gasteiger charge is 2.14. The van der Waals surface area contributed by atoms with Crippen molar-refractivity contribution in [3.05, 3.63) is 100 Å². The molecule has 0 radical (unpaired) electrons. The molecule has 0 aliphatic heterocycles. The van der Waals surface area contributed by atoms with Crippen molar-refractivity contribution < 1.29 is 9.53 Å². The number of rotatable bonds is 6. The van der Waals surface area contributed by atoms with Gasteiger partial charge in [0.25, 0.3) is 11.5 Å². The zero-order valence-electron chi connectivity index (χ0n) is 18.2. The summed E-state index contributed by atoms with van der Waals surface area (Å²) < 4.78 is 9.53. The van der Waals surface area contributed by atoms with E-state index in [-0.39, 0.29) is 18.0 Å². The van der Waals surface area contributed by atoms with Gasteiger partial charge in [-0.05, 0) is 37.3 Å². The van der Waals surface area contributed by atoms with Crippen molar-refractivity contribution in [1.29, 1.82) is 0 Å². The predicted octanol–water partition coefficient (Wildman–Crippen LogP) is 3.82. The first-order valence-electron chi connectivity index (χ1n) is 10.2. The van der Waals surface area contributed by atoms with Gasteiger partial charge in [-0.2, -0.15) is 0 Å². The van der Waals surface area contributed by atoms with Crippen molar-refractivity contribution in [2.24, 2.45) is 14.1 Å². The zero-order valence-corrected chi connectivity index (χ0v) is 18.2. The smallest absolute Gasteiger partial charge is 0.255 e. The van der Waals surface area contributed by atoms with Gasteiger partial charge in [-0.3, -0.25) is 14.6 Å². The molecule has 7 nitrogen and oxygen atoms in total. The average molecular weight is 428 g/mol. The third-order valence-corrected chi connectivity index (χ3v) is 5.26. The minimum Gasteiger partial charge on any atom is -0.457 e. The van der Waals surface area contributed by atoms with E-state index in [4.69, 9.17) is 4.74 Å². The topological polar surface area (TPSA) is 78.2 Å². The molecule has 0 unspecified atom stereocenters. The molecule has 0 saturated heterocycles. The summed E-state index contributed by atoms with van der Waals surface area (Å²) in [6.45, 7) is 1.99. The van der Waals surface area contributed by atoms with Crippen molar-refractivity contribution in [2.45, 2.75) is 13.5 Å². The largest absolute Gasteiger partial charge is 0.457 e. The van der Waals surface area contributed by atoms with Crippen LogP contribution in [0.2, 0.25) is 0 Å². The van der Waals surface area contributed by atoms with Crippen LogP contribution >= 0.6 is 0 Å². The quantitative estimate of drug-likeness (QED) is 0.507. The van der Waals surface area contributed by atoms with Gasteiger partial charge < -0.3 is 19.2 Å². The van der Waals surface area contributed by atoms with Crippen molar-refractivity contribution in [2.75, 3.05) is 0 Å². The average Bonchev–Trinajstić information content (AvgIpc) is 3.22. The van der Waals surface area contributed by atoms with Crippen LogP contribution in [0.1, 0.15) is 21.5 Å². The number of benzene rings is 1. The third-order valence-electron chi connectivity index (χ3n) is 5.26. The summed E-state index contributed by atoms with van der Waals surface area (Å²) in [4.78, 5) is 29.4. The van der Waals surface area contributed by atoms with E-state index in [1.54, 1.807) is 49.8 Å². The molecule has 1 aromatic carbocycles. The van der Waals surface area contributed by atoms with Gasteiger partial charge in [-0.15, -0.1) is 0 Å². The fourth-order valence-corrected chi connectivity index (χ4v) is 3.44. The van der Waals surface area contributed by atoms with E-state index in [9.17, 15) is 9.59 Å². The summed E-state index contributed by atoms with van der Waals surface area (Å²) in [5, 5.41) is 2.83. The molecule has 0 fully saturated rings. The number of aryl methyl sites for hydroxylation is 2. The minimum absolute atomic E-state index is 0.131. The molecule has 3 heterocycles. The van der Waals surface area contributed by atoms with Gasteiger partial charge >= 0.3 is 0 Å². The summed E-state index contributed by atoms with van der Waals surface area (Å²) in [7, 11) is 3.64. The van der Waals surface area contributed by atoms with E-state index >= 15 is 0 Å². The number of carbonyl (C=O) groups is 1. The molecule has 0 spiro atoms. The minimum atomic E-state index is -0.265. The molecule has 0 saturated carbocycles. The maximum Gasteiger partial charge on any atom is 0.255 e. The summed E-state index contributed by atoms with van der Waals surface area (Å²) in [6.07, 6.45) is 7.33. The van der Waals surface area contributed by atoms with Crippen LogP contribution in [-0.4, -0.2) is 20.0 Å². The zero-order chi connectivity index (χ0) is 22.7. The lowest BCUT2D eigenvalue weighted by atomic mass is 10.1. The van der Waals surface area contributed by atoms with Crippen LogP contribution < -0.4 is 15.6 Å². The Morgan fingerprint density at radius 3 is 2.72 bits per heavy atom. The molecule has 7 heteroatoms. The van der Waals surface area contributed by atoms with Crippen molar-refractivity contribution in [3.8, 4) is 22.8 Å². The highest BCUT2D eigenvalue weighted by atomic mass is 16.5. The van der Waals surface area contributed by atoms with Crippen molar-refractivity contribution in [3.63, 3.8) is 0 Å². The van der Waals surface area contributed by atoms with Crippen LogP contribution in [0.5, 0.6) is 11.5 Å². The standard InChI is InChI=1S/C25H24N4O3/c1-17-21(24(30)27-15-18-6-5-12-29(3)25(18)31)7-4-8-23(17)32-20-9-11-26-22(14-20)19-10-13-28(2)16-19/h4-14,16H,15H2,1-3H3,(H,27,30). The van der Waals surface area contributed by atoms with Gasteiger partial charge in [0, 0.05) is 73.7 Å². The van der Waals surface area contributed by atoms with Crippen molar-refractivity contribution >= 4 is 5.91 Å². The Labute approximate surface area is 185 Å². The van der Waals surface area contributed by atoms with Gasteiger partial charge in [-0.1, -0.05) is 12.1 Å². The molecule has 4 rings (SSSR count). The molecule has 32 heavy (non-hydrogen) atoms. The SMILES string of the molecule is Cc1c(Oc2ccnc(-c3ccn(C)c3)c2)cccc1C(=O)NCc1cccn(C)c1=O. The van der Waals surface area contributed by atoms with Gasteiger partial charge in [-0.25, -0.2) is 0 Å². The molecular formula is C25H24N4O3. The fourth-order valence-electron chi connectivity index (χ4n) is 3.44. The number of hydrogen-bond acceptors (Lipinski definition) is 4. The van der Waals surface area contributed by atoms with Crippen molar-refractivity contribution in [1.82, 2.24) is 19.4 Å².